The van der Waals surface area contributed by atoms with Crippen LogP contribution in [0.25, 0.3) is 0 Å². The Labute approximate surface area is 144 Å². The molecule has 2 rings (SSSR count). The summed E-state index contributed by atoms with van der Waals surface area (Å²) in [5.41, 5.74) is 0.538. The standard InChI is InChI=1S/C17H24N2O2.BH2O2/c1-3-5-6-8-13(7-4-2)17(21)18-10-16(20)19-11-14-9-15(14)12-19;2-1-3/h4,6-8,14-15H,2-3,5,9-12H2,1H3,(H,18,21);2-3H/b8-6-,13-7+;. The van der Waals surface area contributed by atoms with Crippen LogP contribution in [0.2, 0.25) is 0 Å². The second kappa shape index (κ2) is 10.8. The number of hydrogen-bond acceptors (Lipinski definition) is 4. The molecule has 0 aromatic carbocycles. The lowest BCUT2D eigenvalue weighted by Gasteiger charge is -2.18. The molecule has 2 unspecified atom stereocenters. The summed E-state index contributed by atoms with van der Waals surface area (Å²) < 4.78 is 0. The summed E-state index contributed by atoms with van der Waals surface area (Å²) in [6.45, 7) is 7.51. The van der Waals surface area contributed by atoms with Gasteiger partial charge in [0, 0.05) is 18.7 Å². The lowest BCUT2D eigenvalue weighted by Crippen LogP contribution is -2.40. The number of carbonyl (C=O) groups excluding carboxylic acids is 2. The van der Waals surface area contributed by atoms with Gasteiger partial charge in [0.2, 0.25) is 5.91 Å². The minimum absolute atomic E-state index is 0. The highest BCUT2D eigenvalue weighted by atomic mass is 16.4. The van der Waals surface area contributed by atoms with Crippen molar-refractivity contribution < 1.29 is 19.6 Å². The summed E-state index contributed by atoms with van der Waals surface area (Å²) in [7, 11) is 0. The number of carbonyl (C=O) groups is 2. The Balaban J connectivity index is 0.000000891. The quantitative estimate of drug-likeness (QED) is 0.361. The summed E-state index contributed by atoms with van der Waals surface area (Å²) in [4.78, 5) is 25.9. The monoisotopic (exact) mass is 333 g/mol. The van der Waals surface area contributed by atoms with Crippen LogP contribution in [0.15, 0.2) is 36.5 Å². The average molecular weight is 333 g/mol. The molecular formula is C17H26BN2O4. The van der Waals surface area contributed by atoms with E-state index in [1.807, 2.05) is 11.0 Å². The normalized spacial score (nSPS) is 21.6. The van der Waals surface area contributed by atoms with Crippen LogP contribution in [0.5, 0.6) is 0 Å². The van der Waals surface area contributed by atoms with E-state index in [2.05, 4.69) is 18.8 Å². The Hall–Kier alpha value is -1.86. The van der Waals surface area contributed by atoms with Gasteiger partial charge in [-0.05, 0) is 24.7 Å². The lowest BCUT2D eigenvalue weighted by molar-refractivity contribution is -0.131. The fraction of sp³-hybridized carbons (Fsp3) is 0.529. The van der Waals surface area contributed by atoms with E-state index in [1.54, 1.807) is 18.2 Å². The molecule has 131 valence electrons. The Bertz CT molecular complexity index is 495. The van der Waals surface area contributed by atoms with Gasteiger partial charge in [-0.3, -0.25) is 9.59 Å². The molecule has 7 heteroatoms. The van der Waals surface area contributed by atoms with Gasteiger partial charge in [-0.15, -0.1) is 0 Å². The SMILES string of the molecule is C=C/C=C(\C=C/CCC)C(=O)NCC(=O)N1CC2CC2C1.O[B]O. The fourth-order valence-corrected chi connectivity index (χ4v) is 2.68. The number of hydrogen-bond donors (Lipinski definition) is 3. The molecule has 1 saturated carbocycles. The third kappa shape index (κ3) is 6.72. The van der Waals surface area contributed by atoms with Crippen molar-refractivity contribution in [2.45, 2.75) is 26.2 Å². The van der Waals surface area contributed by atoms with Crippen LogP contribution in [0.3, 0.4) is 0 Å². The molecule has 1 aliphatic carbocycles. The van der Waals surface area contributed by atoms with Crippen molar-refractivity contribution in [2.75, 3.05) is 19.6 Å². The largest absolute Gasteiger partial charge is 0.482 e. The first-order valence-corrected chi connectivity index (χ1v) is 8.22. The molecule has 2 amide bonds. The number of unbranched alkanes of at least 4 members (excludes halogenated alkanes) is 1. The molecule has 1 aliphatic heterocycles. The van der Waals surface area contributed by atoms with Crippen molar-refractivity contribution in [1.29, 1.82) is 0 Å². The van der Waals surface area contributed by atoms with Crippen LogP contribution in [0, 0.1) is 11.8 Å². The molecule has 0 bridgehead atoms. The van der Waals surface area contributed by atoms with E-state index in [1.165, 1.54) is 6.42 Å². The maximum atomic E-state index is 12.1. The smallest absolute Gasteiger partial charge is 0.429 e. The van der Waals surface area contributed by atoms with E-state index in [0.29, 0.717) is 5.57 Å². The van der Waals surface area contributed by atoms with E-state index < -0.39 is 0 Å². The second-order valence-corrected chi connectivity index (χ2v) is 5.90. The zero-order valence-corrected chi connectivity index (χ0v) is 14.1. The van der Waals surface area contributed by atoms with Gasteiger partial charge in [-0.1, -0.05) is 44.2 Å². The van der Waals surface area contributed by atoms with Gasteiger partial charge in [0.15, 0.2) is 0 Å². The van der Waals surface area contributed by atoms with Crippen LogP contribution >= 0.6 is 0 Å². The topological polar surface area (TPSA) is 89.9 Å². The summed E-state index contributed by atoms with van der Waals surface area (Å²) in [5, 5.41) is 16.7. The van der Waals surface area contributed by atoms with E-state index in [0.717, 1.165) is 37.8 Å². The van der Waals surface area contributed by atoms with Crippen molar-refractivity contribution >= 4 is 19.5 Å². The second-order valence-electron chi connectivity index (χ2n) is 5.90. The fourth-order valence-electron chi connectivity index (χ4n) is 2.68. The highest BCUT2D eigenvalue weighted by Gasteiger charge is 2.46. The molecule has 3 N–H and O–H groups in total. The van der Waals surface area contributed by atoms with Gasteiger partial charge in [0.1, 0.15) is 0 Å². The number of rotatable bonds is 7. The predicted molar refractivity (Wildman–Crippen MR) is 93.7 cm³/mol. The first-order chi connectivity index (χ1) is 11.6. The zero-order valence-electron chi connectivity index (χ0n) is 14.1. The zero-order chi connectivity index (χ0) is 17.9. The summed E-state index contributed by atoms with van der Waals surface area (Å²) in [6.07, 6.45) is 10.2. The summed E-state index contributed by atoms with van der Waals surface area (Å²) in [5.74, 6) is 1.24. The molecular weight excluding hydrogens is 307 g/mol. The van der Waals surface area contributed by atoms with E-state index in [4.69, 9.17) is 10.0 Å². The molecule has 6 nitrogen and oxygen atoms in total. The predicted octanol–water partition coefficient (Wildman–Crippen LogP) is 0.555. The Morgan fingerprint density at radius 3 is 2.50 bits per heavy atom. The van der Waals surface area contributed by atoms with Gasteiger partial charge >= 0.3 is 7.69 Å². The number of allylic oxidation sites excluding steroid dienone is 3. The van der Waals surface area contributed by atoms with Crippen molar-refractivity contribution in [2.24, 2.45) is 11.8 Å². The van der Waals surface area contributed by atoms with Gasteiger partial charge in [0.05, 0.1) is 6.54 Å². The van der Waals surface area contributed by atoms with Gasteiger partial charge in [0.25, 0.3) is 5.91 Å². The van der Waals surface area contributed by atoms with Crippen molar-refractivity contribution in [3.63, 3.8) is 0 Å². The van der Waals surface area contributed by atoms with Crippen LogP contribution in [-0.2, 0) is 9.59 Å². The maximum Gasteiger partial charge on any atom is 0.482 e. The van der Waals surface area contributed by atoms with Crippen LogP contribution < -0.4 is 5.32 Å². The number of piperidine rings is 1. The van der Waals surface area contributed by atoms with E-state index in [-0.39, 0.29) is 26.0 Å². The molecule has 24 heavy (non-hydrogen) atoms. The minimum atomic E-state index is -0.222. The van der Waals surface area contributed by atoms with Crippen LogP contribution in [-0.4, -0.2) is 54.1 Å². The third-order valence-electron chi connectivity index (χ3n) is 4.04. The highest BCUT2D eigenvalue weighted by Crippen LogP contribution is 2.44. The maximum absolute atomic E-state index is 12.1. The number of amides is 2. The molecule has 0 spiro atoms. The molecule has 1 heterocycles. The molecule has 2 atom stereocenters. The van der Waals surface area contributed by atoms with Crippen molar-refractivity contribution in [3.8, 4) is 0 Å². The lowest BCUT2D eigenvalue weighted by atomic mass is 10.2. The molecule has 2 aliphatic rings. The Kier molecular flexibility index (Phi) is 9.11. The molecule has 0 aromatic rings. The summed E-state index contributed by atoms with van der Waals surface area (Å²) in [6, 6.07) is 0. The van der Waals surface area contributed by atoms with Crippen molar-refractivity contribution in [3.05, 3.63) is 36.5 Å². The summed E-state index contributed by atoms with van der Waals surface area (Å²) >= 11 is 0. The molecule has 1 radical (unpaired) electrons. The van der Waals surface area contributed by atoms with E-state index in [9.17, 15) is 9.59 Å². The minimum Gasteiger partial charge on any atom is -0.429 e. The molecule has 2 fully saturated rings. The number of fused-ring (bicyclic) bond motifs is 1. The Morgan fingerprint density at radius 1 is 1.33 bits per heavy atom. The van der Waals surface area contributed by atoms with Gasteiger partial charge < -0.3 is 20.3 Å². The van der Waals surface area contributed by atoms with Crippen LogP contribution in [0.4, 0.5) is 0 Å². The van der Waals surface area contributed by atoms with Crippen molar-refractivity contribution in [1.82, 2.24) is 10.2 Å². The first kappa shape index (κ1) is 20.2. The van der Waals surface area contributed by atoms with E-state index >= 15 is 0 Å². The highest BCUT2D eigenvalue weighted by molar-refractivity contribution is 6.13. The molecule has 0 aromatic heterocycles. The Morgan fingerprint density at radius 2 is 1.96 bits per heavy atom. The van der Waals surface area contributed by atoms with Gasteiger partial charge in [-0.2, -0.15) is 0 Å². The first-order valence-electron chi connectivity index (χ1n) is 8.22. The molecule has 1 saturated heterocycles. The number of nitrogens with one attached hydrogen (secondary N) is 1. The number of likely N-dealkylation sites (tertiary alicyclic amines) is 1. The van der Waals surface area contributed by atoms with Gasteiger partial charge in [-0.25, -0.2) is 0 Å². The number of nitrogens with zero attached hydrogens (tertiary/aromatic N) is 1. The average Bonchev–Trinajstić information content (AvgIpc) is 3.18. The van der Waals surface area contributed by atoms with Crippen LogP contribution in [0.1, 0.15) is 26.2 Å². The third-order valence-corrected chi connectivity index (χ3v) is 4.04.